The Morgan fingerprint density at radius 1 is 0.326 bits per heavy atom. The van der Waals surface area contributed by atoms with Crippen molar-refractivity contribution in [2.24, 2.45) is 0 Å². The molecule has 2 aliphatic rings. The van der Waals surface area contributed by atoms with Crippen LogP contribution in [0.5, 0.6) is 0 Å². The van der Waals surface area contributed by atoms with Crippen molar-refractivity contribution >= 4 is 61.7 Å². The van der Waals surface area contributed by atoms with Gasteiger partial charge < -0.3 is 20.9 Å². The third-order valence-corrected chi connectivity index (χ3v) is 7.46. The number of nitrogens with one attached hydrogen (secondary N) is 2. The molecule has 3 aromatic heterocycles. The molecule has 0 fully saturated rings. The van der Waals surface area contributed by atoms with E-state index < -0.39 is 0 Å². The van der Waals surface area contributed by atoms with Crippen molar-refractivity contribution in [3.8, 4) is 45.6 Å². The van der Waals surface area contributed by atoms with Crippen LogP contribution in [0.3, 0.4) is 0 Å². The van der Waals surface area contributed by atoms with Crippen LogP contribution in [-0.4, -0.2) is 68.4 Å². The fourth-order valence-corrected chi connectivity index (χ4v) is 5.59. The van der Waals surface area contributed by atoms with Crippen molar-refractivity contribution in [1.29, 1.82) is 0 Å². The maximum Gasteiger partial charge on any atom is 0.164 e. The maximum atomic E-state index is 5.02. The van der Waals surface area contributed by atoms with Gasteiger partial charge in [-0.1, -0.05) is 97.1 Å². The Hall–Kier alpha value is -5.30. The number of rotatable bonds is 0. The van der Waals surface area contributed by atoms with Crippen LogP contribution in [0.2, 0.25) is 0 Å². The molecular weight excluding hydrogens is 601 g/mol. The minimum absolute atomic E-state index is 0. The molecule has 10 nitrogen and oxygen atoms in total. The summed E-state index contributed by atoms with van der Waals surface area (Å²) in [5.41, 5.74) is 6.45. The zero-order valence-corrected chi connectivity index (χ0v) is 21.9. The van der Waals surface area contributed by atoms with Crippen LogP contribution in [0, 0.1) is 0 Å². The van der Waals surface area contributed by atoms with Gasteiger partial charge in [-0.05, 0) is 0 Å². The van der Waals surface area contributed by atoms with Gasteiger partial charge in [-0.2, -0.15) is 0 Å². The van der Waals surface area contributed by atoms with Gasteiger partial charge in [-0.15, -0.1) is 0 Å². The number of aromatic amines is 2. The molecule has 0 aliphatic carbocycles. The number of fused-ring (bicyclic) bond motifs is 20. The molecule has 0 amide bonds. The summed E-state index contributed by atoms with van der Waals surface area (Å²) < 4.78 is 0. The van der Waals surface area contributed by atoms with E-state index in [2.05, 4.69) is 9.97 Å². The monoisotopic (exact) mass is 628 g/mol. The van der Waals surface area contributed by atoms with E-state index in [4.69, 9.17) is 29.9 Å². The molecule has 0 atom stereocenters. The number of aromatic nitrogens is 8. The van der Waals surface area contributed by atoms with Crippen molar-refractivity contribution in [3.05, 3.63) is 97.1 Å². The average molecular weight is 627 g/mol. The SMILES string of the molecule is O.O.[GeH4].c1ccc2c(c1)-c1nc-2nc2[nH]c(nc3nc(nc4[nH]c(n1)c1ccccc41)-c1ccccc1-3)c1ccccc21. The Morgan fingerprint density at radius 2 is 0.558 bits per heavy atom. The minimum atomic E-state index is 0. The summed E-state index contributed by atoms with van der Waals surface area (Å²) in [5, 5.41) is 3.82. The van der Waals surface area contributed by atoms with Gasteiger partial charge >= 0.3 is 17.6 Å². The van der Waals surface area contributed by atoms with Crippen molar-refractivity contribution in [2.45, 2.75) is 0 Å². The summed E-state index contributed by atoms with van der Waals surface area (Å²) in [6.07, 6.45) is 0. The van der Waals surface area contributed by atoms with Crippen molar-refractivity contribution in [1.82, 2.24) is 39.9 Å². The maximum absolute atomic E-state index is 5.02. The van der Waals surface area contributed by atoms with E-state index in [-0.39, 0.29) is 28.5 Å². The molecule has 0 radical (unpaired) electrons. The van der Waals surface area contributed by atoms with E-state index in [0.29, 0.717) is 45.9 Å². The van der Waals surface area contributed by atoms with E-state index >= 15 is 0 Å². The Labute approximate surface area is 254 Å². The quantitative estimate of drug-likeness (QED) is 0.242. The van der Waals surface area contributed by atoms with Crippen LogP contribution in [0.1, 0.15) is 0 Å². The number of H-pyrrole nitrogens is 2. The van der Waals surface area contributed by atoms with Crippen molar-refractivity contribution in [2.75, 3.05) is 0 Å². The smallest absolute Gasteiger partial charge is 0.164 e. The second-order valence-corrected chi connectivity index (χ2v) is 9.79. The molecule has 2 aliphatic heterocycles. The molecule has 0 saturated carbocycles. The molecule has 0 saturated heterocycles. The molecule has 210 valence electrons. The predicted molar refractivity (Wildman–Crippen MR) is 175 cm³/mol. The number of benzene rings is 4. The van der Waals surface area contributed by atoms with Crippen LogP contribution in [0.15, 0.2) is 97.1 Å². The molecule has 9 rings (SSSR count). The van der Waals surface area contributed by atoms with E-state index in [9.17, 15) is 0 Å². The fourth-order valence-electron chi connectivity index (χ4n) is 5.59. The van der Waals surface area contributed by atoms with Gasteiger partial charge in [0.05, 0.1) is 0 Å². The standard InChI is InChI=1S/C32H18N8.GeH4.2H2O/c1-2-10-18-17(9-1)25-33-26(18)38-28-21-13-5-6-14-22(21)30(35-28)40-32-24-16-8-7-15-23(24)31(36-32)39-29-20-12-4-3-11-19(20)27(34-29)37-25;;;/h1-16H,(H2,33,34,35,36,37,38,39,40);1H4;2*1H2. The molecule has 7 aromatic rings. The Kier molecular flexibility index (Phi) is 6.81. The molecule has 0 spiro atoms. The largest absolute Gasteiger partial charge is 0.324 e. The molecule has 5 heterocycles. The minimum Gasteiger partial charge on any atom is -0.324 e. The second-order valence-electron chi connectivity index (χ2n) is 9.79. The zero-order chi connectivity index (χ0) is 26.2. The normalized spacial score (nSPS) is 11.2. The van der Waals surface area contributed by atoms with E-state index in [0.717, 1.165) is 43.8 Å². The zero-order valence-electron chi connectivity index (χ0n) is 21.9. The summed E-state index contributed by atoms with van der Waals surface area (Å²) >= 11 is 0. The molecule has 8 bridgehead atoms. The first-order valence-corrected chi connectivity index (χ1v) is 13.0. The molecule has 43 heavy (non-hydrogen) atoms. The summed E-state index contributed by atoms with van der Waals surface area (Å²) in [7, 11) is 0. The topological polar surface area (TPSA) is 172 Å². The molecule has 11 heteroatoms. The first kappa shape index (κ1) is 27.9. The van der Waals surface area contributed by atoms with Crippen molar-refractivity contribution < 1.29 is 11.0 Å². The number of nitrogens with zero attached hydrogens (tertiary/aromatic N) is 6. The van der Waals surface area contributed by atoms with Crippen LogP contribution in [0.4, 0.5) is 0 Å². The third kappa shape index (κ3) is 4.19. The molecule has 0 unspecified atom stereocenters. The Bertz CT molecular complexity index is 2050. The Balaban J connectivity index is 0.00000110. The third-order valence-electron chi connectivity index (χ3n) is 7.46. The van der Waals surface area contributed by atoms with Gasteiger partial charge in [0.25, 0.3) is 0 Å². The van der Waals surface area contributed by atoms with Crippen LogP contribution >= 0.6 is 0 Å². The second kappa shape index (κ2) is 10.5. The Morgan fingerprint density at radius 3 is 0.814 bits per heavy atom. The van der Waals surface area contributed by atoms with Crippen molar-refractivity contribution in [3.63, 3.8) is 0 Å². The summed E-state index contributed by atoms with van der Waals surface area (Å²) in [5.74, 6) is 2.39. The fraction of sp³-hybridized carbons (Fsp3) is 0. The molecule has 4 aromatic carbocycles. The molecular formula is C32H26GeN8O2. The summed E-state index contributed by atoms with van der Waals surface area (Å²) in [6, 6.07) is 32.2. The first-order chi connectivity index (χ1) is 19.8. The van der Waals surface area contributed by atoms with Crippen LogP contribution in [0.25, 0.3) is 89.7 Å². The van der Waals surface area contributed by atoms with E-state index in [1.807, 2.05) is 97.1 Å². The van der Waals surface area contributed by atoms with Crippen LogP contribution in [-0.2, 0) is 0 Å². The van der Waals surface area contributed by atoms with Gasteiger partial charge in [0.2, 0.25) is 0 Å². The van der Waals surface area contributed by atoms with Gasteiger partial charge in [0.15, 0.2) is 23.3 Å². The summed E-state index contributed by atoms with van der Waals surface area (Å²) in [6.45, 7) is 0. The number of hydrogen-bond donors (Lipinski definition) is 2. The van der Waals surface area contributed by atoms with Crippen LogP contribution < -0.4 is 0 Å². The van der Waals surface area contributed by atoms with Gasteiger partial charge in [-0.3, -0.25) is 0 Å². The average Bonchev–Trinajstić information content (AvgIpc) is 3.73. The van der Waals surface area contributed by atoms with E-state index in [1.54, 1.807) is 0 Å². The van der Waals surface area contributed by atoms with E-state index in [1.165, 1.54) is 0 Å². The molecule has 6 N–H and O–H groups in total. The number of hydrogen-bond acceptors (Lipinski definition) is 6. The van der Waals surface area contributed by atoms with Gasteiger partial charge in [0, 0.05) is 43.8 Å². The van der Waals surface area contributed by atoms with Gasteiger partial charge in [0.1, 0.15) is 22.6 Å². The van der Waals surface area contributed by atoms with Gasteiger partial charge in [-0.25, -0.2) is 29.9 Å². The summed E-state index contributed by atoms with van der Waals surface area (Å²) in [4.78, 5) is 36.8. The predicted octanol–water partition coefficient (Wildman–Crippen LogP) is 3.77. The first-order valence-electron chi connectivity index (χ1n) is 13.0.